The highest BCUT2D eigenvalue weighted by Gasteiger charge is 2.04. The van der Waals surface area contributed by atoms with Crippen molar-refractivity contribution in [2.24, 2.45) is 0 Å². The van der Waals surface area contributed by atoms with Crippen molar-refractivity contribution in [3.05, 3.63) is 51.6 Å². The first-order valence-corrected chi connectivity index (χ1v) is 6.70. The Labute approximate surface area is 112 Å². The summed E-state index contributed by atoms with van der Waals surface area (Å²) in [5.41, 5.74) is 1.17. The van der Waals surface area contributed by atoms with Gasteiger partial charge in [0.2, 0.25) is 0 Å². The highest BCUT2D eigenvalue weighted by molar-refractivity contribution is 9.10. The van der Waals surface area contributed by atoms with Crippen LogP contribution in [0.3, 0.4) is 0 Å². The summed E-state index contributed by atoms with van der Waals surface area (Å²) in [5, 5.41) is 1.71. The maximum absolute atomic E-state index is 6.09. The minimum absolute atomic E-state index is 0.759. The van der Waals surface area contributed by atoms with E-state index in [2.05, 4.69) is 20.9 Å². The molecule has 82 valence electrons. The normalized spacial score (nSPS) is 10.4. The molecule has 1 heterocycles. The van der Waals surface area contributed by atoms with Crippen LogP contribution in [-0.2, 0) is 0 Å². The van der Waals surface area contributed by atoms with Crippen LogP contribution < -0.4 is 0 Å². The summed E-state index contributed by atoms with van der Waals surface area (Å²) in [4.78, 5) is 5.36. The maximum atomic E-state index is 6.09. The van der Waals surface area contributed by atoms with E-state index in [1.807, 2.05) is 43.5 Å². The lowest BCUT2D eigenvalue weighted by Crippen LogP contribution is -1.83. The van der Waals surface area contributed by atoms with Gasteiger partial charge in [-0.2, -0.15) is 0 Å². The summed E-state index contributed by atoms with van der Waals surface area (Å²) in [6.07, 6.45) is 1.81. The number of halogens is 2. The number of hydrogen-bond acceptors (Lipinski definition) is 2. The Balaban J connectivity index is 2.28. The third-order valence-electron chi connectivity index (χ3n) is 2.07. The maximum Gasteiger partial charge on any atom is 0.101 e. The molecule has 0 saturated heterocycles. The fourth-order valence-electron chi connectivity index (χ4n) is 1.21. The monoisotopic (exact) mass is 313 g/mol. The lowest BCUT2D eigenvalue weighted by Gasteiger charge is -2.04. The van der Waals surface area contributed by atoms with Crippen molar-refractivity contribution in [3.63, 3.8) is 0 Å². The van der Waals surface area contributed by atoms with E-state index in [1.165, 1.54) is 5.56 Å². The molecule has 0 radical (unpaired) electrons. The molecule has 0 amide bonds. The molecule has 1 aromatic heterocycles. The van der Waals surface area contributed by atoms with E-state index in [1.54, 1.807) is 11.8 Å². The van der Waals surface area contributed by atoms with Crippen molar-refractivity contribution < 1.29 is 0 Å². The topological polar surface area (TPSA) is 12.9 Å². The van der Waals surface area contributed by atoms with Gasteiger partial charge in [0.15, 0.2) is 0 Å². The fraction of sp³-hybridized carbons (Fsp3) is 0.0833. The average Bonchev–Trinajstić information content (AvgIpc) is 2.27. The number of pyridine rings is 1. The van der Waals surface area contributed by atoms with Gasteiger partial charge in [-0.1, -0.05) is 35.5 Å². The van der Waals surface area contributed by atoms with E-state index in [0.29, 0.717) is 0 Å². The first-order valence-electron chi connectivity index (χ1n) is 4.71. The number of rotatable bonds is 2. The van der Waals surface area contributed by atoms with Crippen molar-refractivity contribution in [2.45, 2.75) is 16.8 Å². The van der Waals surface area contributed by atoms with Gasteiger partial charge in [0.1, 0.15) is 5.03 Å². The summed E-state index contributed by atoms with van der Waals surface area (Å²) in [6.45, 7) is 2.04. The second-order valence-electron chi connectivity index (χ2n) is 3.30. The Bertz CT molecular complexity index is 516. The van der Waals surface area contributed by atoms with Crippen LogP contribution in [0.5, 0.6) is 0 Å². The predicted molar refractivity (Wildman–Crippen MR) is 72.2 cm³/mol. The lowest BCUT2D eigenvalue weighted by atomic mass is 10.3. The largest absolute Gasteiger partial charge is 0.248 e. The predicted octanol–water partition coefficient (Wildman–Crippen LogP) is 4.96. The van der Waals surface area contributed by atoms with Crippen LogP contribution >= 0.6 is 39.3 Å². The number of aromatic nitrogens is 1. The van der Waals surface area contributed by atoms with Gasteiger partial charge < -0.3 is 0 Å². The molecule has 0 N–H and O–H groups in total. The average molecular weight is 315 g/mol. The van der Waals surface area contributed by atoms with Gasteiger partial charge in [0.25, 0.3) is 0 Å². The van der Waals surface area contributed by atoms with Crippen LogP contribution in [0.25, 0.3) is 0 Å². The number of benzene rings is 1. The SMILES string of the molecule is Cc1cc(Sc2ccccc2Cl)ncc1Br. The van der Waals surface area contributed by atoms with E-state index < -0.39 is 0 Å². The summed E-state index contributed by atoms with van der Waals surface area (Å²) in [5.74, 6) is 0. The number of aryl methyl sites for hydroxylation is 1. The third kappa shape index (κ3) is 2.78. The summed E-state index contributed by atoms with van der Waals surface area (Å²) in [6, 6.07) is 9.81. The van der Waals surface area contributed by atoms with Crippen molar-refractivity contribution in [2.75, 3.05) is 0 Å². The Kier molecular flexibility index (Phi) is 3.90. The molecule has 0 bridgehead atoms. The molecule has 0 spiro atoms. The molecule has 4 heteroatoms. The van der Waals surface area contributed by atoms with Gasteiger partial charge in [0, 0.05) is 15.6 Å². The summed E-state index contributed by atoms with van der Waals surface area (Å²) in [7, 11) is 0. The van der Waals surface area contributed by atoms with Crippen LogP contribution in [0.15, 0.2) is 50.9 Å². The third-order valence-corrected chi connectivity index (χ3v) is 4.35. The number of hydrogen-bond donors (Lipinski definition) is 0. The molecule has 0 aliphatic rings. The van der Waals surface area contributed by atoms with E-state index >= 15 is 0 Å². The fourth-order valence-corrected chi connectivity index (χ4v) is 2.56. The van der Waals surface area contributed by atoms with E-state index in [-0.39, 0.29) is 0 Å². The molecule has 0 unspecified atom stereocenters. The second kappa shape index (κ2) is 5.21. The number of nitrogens with zero attached hydrogens (tertiary/aromatic N) is 1. The van der Waals surface area contributed by atoms with Crippen molar-refractivity contribution in [3.8, 4) is 0 Å². The quantitative estimate of drug-likeness (QED) is 0.777. The molecule has 0 fully saturated rings. The molecule has 0 aliphatic heterocycles. The molecule has 1 aromatic carbocycles. The van der Waals surface area contributed by atoms with Gasteiger partial charge in [-0.15, -0.1) is 0 Å². The molecular formula is C12H9BrClNS. The molecule has 0 aliphatic carbocycles. The van der Waals surface area contributed by atoms with Gasteiger partial charge >= 0.3 is 0 Å². The molecule has 0 atom stereocenters. The summed E-state index contributed by atoms with van der Waals surface area (Å²) >= 11 is 11.1. The van der Waals surface area contributed by atoms with Crippen molar-refractivity contribution in [1.82, 2.24) is 4.98 Å². The lowest BCUT2D eigenvalue weighted by molar-refractivity contribution is 1.10. The van der Waals surface area contributed by atoms with E-state index in [4.69, 9.17) is 11.6 Å². The molecular weight excluding hydrogens is 306 g/mol. The Hall–Kier alpha value is -0.510. The smallest absolute Gasteiger partial charge is 0.101 e. The zero-order chi connectivity index (χ0) is 11.5. The highest BCUT2D eigenvalue weighted by Crippen LogP contribution is 2.32. The zero-order valence-corrected chi connectivity index (χ0v) is 11.7. The van der Waals surface area contributed by atoms with Gasteiger partial charge in [-0.3, -0.25) is 0 Å². The minimum Gasteiger partial charge on any atom is -0.248 e. The first kappa shape index (κ1) is 12.0. The van der Waals surface area contributed by atoms with Crippen LogP contribution in [0.4, 0.5) is 0 Å². The Morgan fingerprint density at radius 3 is 2.75 bits per heavy atom. The highest BCUT2D eigenvalue weighted by atomic mass is 79.9. The van der Waals surface area contributed by atoms with E-state index in [0.717, 1.165) is 19.4 Å². The Morgan fingerprint density at radius 2 is 2.06 bits per heavy atom. The van der Waals surface area contributed by atoms with Gasteiger partial charge in [0.05, 0.1) is 5.02 Å². The zero-order valence-electron chi connectivity index (χ0n) is 8.58. The van der Waals surface area contributed by atoms with Gasteiger partial charge in [-0.05, 0) is 46.6 Å². The molecule has 1 nitrogen and oxygen atoms in total. The first-order chi connectivity index (χ1) is 7.66. The molecule has 2 rings (SSSR count). The van der Waals surface area contributed by atoms with E-state index in [9.17, 15) is 0 Å². The molecule has 16 heavy (non-hydrogen) atoms. The molecule has 2 aromatic rings. The van der Waals surface area contributed by atoms with Crippen LogP contribution in [0.2, 0.25) is 5.02 Å². The second-order valence-corrected chi connectivity index (χ2v) is 5.63. The summed E-state index contributed by atoms with van der Waals surface area (Å²) < 4.78 is 1.02. The Morgan fingerprint density at radius 1 is 1.31 bits per heavy atom. The van der Waals surface area contributed by atoms with Crippen LogP contribution in [0, 0.1) is 6.92 Å². The van der Waals surface area contributed by atoms with Gasteiger partial charge in [-0.25, -0.2) is 4.98 Å². The van der Waals surface area contributed by atoms with Crippen molar-refractivity contribution >= 4 is 39.3 Å². The van der Waals surface area contributed by atoms with Crippen LogP contribution in [0.1, 0.15) is 5.56 Å². The van der Waals surface area contributed by atoms with Crippen LogP contribution in [-0.4, -0.2) is 4.98 Å². The van der Waals surface area contributed by atoms with Crippen molar-refractivity contribution in [1.29, 1.82) is 0 Å². The molecule has 0 saturated carbocycles. The standard InChI is InChI=1S/C12H9BrClNS/c1-8-6-12(15-7-9(8)13)16-11-5-3-2-4-10(11)14/h2-7H,1H3. The minimum atomic E-state index is 0.759.